The van der Waals surface area contributed by atoms with E-state index in [1.807, 2.05) is 13.8 Å². The first-order valence-electron chi connectivity index (χ1n) is 5.33. The van der Waals surface area contributed by atoms with Crippen molar-refractivity contribution in [1.82, 2.24) is 5.32 Å². The summed E-state index contributed by atoms with van der Waals surface area (Å²) in [4.78, 5) is 0. The van der Waals surface area contributed by atoms with Crippen molar-refractivity contribution in [3.05, 3.63) is 35.4 Å². The molecule has 0 aliphatic rings. The number of hydrogen-bond donors (Lipinski definition) is 2. The largest absolute Gasteiger partial charge is 0.396 e. The summed E-state index contributed by atoms with van der Waals surface area (Å²) in [6.45, 7) is 4.52. The Kier molecular flexibility index (Phi) is 4.83. The van der Waals surface area contributed by atoms with Crippen molar-refractivity contribution in [3.63, 3.8) is 0 Å². The molecule has 1 aromatic rings. The molecule has 0 fully saturated rings. The van der Waals surface area contributed by atoms with Crippen LogP contribution >= 0.6 is 0 Å². The van der Waals surface area contributed by atoms with E-state index in [0.717, 1.165) is 6.07 Å². The zero-order valence-electron chi connectivity index (χ0n) is 9.50. The molecule has 90 valence electrons. The van der Waals surface area contributed by atoms with Gasteiger partial charge in [-0.05, 0) is 30.5 Å². The summed E-state index contributed by atoms with van der Waals surface area (Å²) < 4.78 is 25.7. The lowest BCUT2D eigenvalue weighted by Crippen LogP contribution is -2.26. The summed E-state index contributed by atoms with van der Waals surface area (Å²) in [6, 6.07) is 3.80. The molecule has 0 amide bonds. The molecule has 0 aromatic heterocycles. The lowest BCUT2D eigenvalue weighted by molar-refractivity contribution is 0.231. The van der Waals surface area contributed by atoms with Gasteiger partial charge in [-0.3, -0.25) is 0 Å². The molecule has 0 saturated carbocycles. The van der Waals surface area contributed by atoms with Crippen molar-refractivity contribution in [2.45, 2.75) is 19.9 Å². The van der Waals surface area contributed by atoms with E-state index < -0.39 is 11.6 Å². The van der Waals surface area contributed by atoms with E-state index in [1.165, 1.54) is 6.07 Å². The Morgan fingerprint density at radius 1 is 1.25 bits per heavy atom. The van der Waals surface area contributed by atoms with E-state index in [9.17, 15) is 8.78 Å². The molecule has 1 aromatic carbocycles. The quantitative estimate of drug-likeness (QED) is 0.811. The fourth-order valence-electron chi connectivity index (χ4n) is 1.34. The predicted molar refractivity (Wildman–Crippen MR) is 59.0 cm³/mol. The van der Waals surface area contributed by atoms with Gasteiger partial charge < -0.3 is 10.4 Å². The molecule has 0 heterocycles. The molecule has 0 aliphatic carbocycles. The van der Waals surface area contributed by atoms with Crippen molar-refractivity contribution < 1.29 is 13.9 Å². The Morgan fingerprint density at radius 3 is 2.50 bits per heavy atom. The minimum absolute atomic E-state index is 0.0656. The number of rotatable bonds is 5. The number of nitrogens with one attached hydrogen (secondary N) is 1. The zero-order valence-corrected chi connectivity index (χ0v) is 9.50. The first kappa shape index (κ1) is 13.1. The van der Waals surface area contributed by atoms with E-state index in [2.05, 4.69) is 5.32 Å². The van der Waals surface area contributed by atoms with E-state index in [1.54, 1.807) is 6.07 Å². The van der Waals surface area contributed by atoms with Gasteiger partial charge in [0.15, 0.2) is 11.6 Å². The topological polar surface area (TPSA) is 32.3 Å². The molecule has 4 heteroatoms. The molecule has 0 spiro atoms. The van der Waals surface area contributed by atoms with Crippen molar-refractivity contribution in [2.24, 2.45) is 5.92 Å². The summed E-state index contributed by atoms with van der Waals surface area (Å²) in [7, 11) is 0. The van der Waals surface area contributed by atoms with Crippen LogP contribution in [-0.2, 0) is 0 Å². The van der Waals surface area contributed by atoms with Crippen molar-refractivity contribution in [3.8, 4) is 0 Å². The summed E-state index contributed by atoms with van der Waals surface area (Å²) >= 11 is 0. The second-order valence-corrected chi connectivity index (χ2v) is 4.09. The summed E-state index contributed by atoms with van der Waals surface area (Å²) in [5.74, 6) is -1.52. The van der Waals surface area contributed by atoms with Crippen LogP contribution in [0.5, 0.6) is 0 Å². The molecule has 0 radical (unpaired) electrons. The molecule has 2 atom stereocenters. The predicted octanol–water partition coefficient (Wildman–Crippen LogP) is 2.24. The van der Waals surface area contributed by atoms with Gasteiger partial charge in [0.05, 0.1) is 0 Å². The third-order valence-electron chi connectivity index (χ3n) is 2.53. The second-order valence-electron chi connectivity index (χ2n) is 4.09. The van der Waals surface area contributed by atoms with Crippen molar-refractivity contribution in [2.75, 3.05) is 13.2 Å². The first-order valence-corrected chi connectivity index (χ1v) is 5.33. The van der Waals surface area contributed by atoms with Crippen LogP contribution in [0.4, 0.5) is 8.78 Å². The normalized spacial score (nSPS) is 14.8. The fraction of sp³-hybridized carbons (Fsp3) is 0.500. The Morgan fingerprint density at radius 2 is 1.94 bits per heavy atom. The van der Waals surface area contributed by atoms with Gasteiger partial charge in [-0.15, -0.1) is 0 Å². The van der Waals surface area contributed by atoms with Gasteiger partial charge >= 0.3 is 0 Å². The standard InChI is InChI=1S/C12H17F2NO/c1-8(7-16)6-15-9(2)10-3-4-11(13)12(14)5-10/h3-5,8-9,15-16H,6-7H2,1-2H3. The van der Waals surface area contributed by atoms with Gasteiger partial charge in [0.2, 0.25) is 0 Å². The van der Waals surface area contributed by atoms with E-state index >= 15 is 0 Å². The van der Waals surface area contributed by atoms with Crippen LogP contribution in [0.25, 0.3) is 0 Å². The second kappa shape index (κ2) is 5.92. The van der Waals surface area contributed by atoms with Crippen LogP contribution in [0.2, 0.25) is 0 Å². The summed E-state index contributed by atoms with van der Waals surface area (Å²) in [5, 5.41) is 12.0. The third-order valence-corrected chi connectivity index (χ3v) is 2.53. The van der Waals surface area contributed by atoms with E-state index in [0.29, 0.717) is 12.1 Å². The van der Waals surface area contributed by atoms with E-state index in [-0.39, 0.29) is 18.6 Å². The fourth-order valence-corrected chi connectivity index (χ4v) is 1.34. The molecule has 0 aliphatic heterocycles. The molecule has 2 unspecified atom stereocenters. The molecule has 0 bridgehead atoms. The molecule has 1 rings (SSSR count). The lowest BCUT2D eigenvalue weighted by atomic mass is 10.1. The Bertz CT molecular complexity index is 344. The number of aliphatic hydroxyl groups excluding tert-OH is 1. The van der Waals surface area contributed by atoms with Crippen molar-refractivity contribution in [1.29, 1.82) is 0 Å². The van der Waals surface area contributed by atoms with Gasteiger partial charge in [0.1, 0.15) is 0 Å². The number of halogens is 2. The van der Waals surface area contributed by atoms with Gasteiger partial charge in [-0.2, -0.15) is 0 Å². The maximum Gasteiger partial charge on any atom is 0.159 e. The van der Waals surface area contributed by atoms with Crippen LogP contribution in [0.1, 0.15) is 25.5 Å². The highest BCUT2D eigenvalue weighted by molar-refractivity contribution is 5.20. The monoisotopic (exact) mass is 229 g/mol. The van der Waals surface area contributed by atoms with Crippen LogP contribution in [0.3, 0.4) is 0 Å². The smallest absolute Gasteiger partial charge is 0.159 e. The zero-order chi connectivity index (χ0) is 12.1. The Hall–Kier alpha value is -1.00. The van der Waals surface area contributed by atoms with Gasteiger partial charge in [0.25, 0.3) is 0 Å². The van der Waals surface area contributed by atoms with Gasteiger partial charge in [0, 0.05) is 19.2 Å². The maximum atomic E-state index is 13.0. The molecule has 2 nitrogen and oxygen atoms in total. The SMILES string of the molecule is CC(CO)CNC(C)c1ccc(F)c(F)c1. The molecular formula is C12H17F2NO. The highest BCUT2D eigenvalue weighted by Crippen LogP contribution is 2.15. The summed E-state index contributed by atoms with van der Waals surface area (Å²) in [6.07, 6.45) is 0. The molecular weight excluding hydrogens is 212 g/mol. The molecule has 16 heavy (non-hydrogen) atoms. The first-order chi connectivity index (χ1) is 7.54. The van der Waals surface area contributed by atoms with Gasteiger partial charge in [-0.25, -0.2) is 8.78 Å². The minimum atomic E-state index is -0.834. The van der Waals surface area contributed by atoms with Crippen molar-refractivity contribution >= 4 is 0 Å². The number of hydrogen-bond acceptors (Lipinski definition) is 2. The molecule has 2 N–H and O–H groups in total. The van der Waals surface area contributed by atoms with Crippen LogP contribution in [0.15, 0.2) is 18.2 Å². The average molecular weight is 229 g/mol. The Balaban J connectivity index is 2.59. The molecule has 0 saturated heterocycles. The average Bonchev–Trinajstić information content (AvgIpc) is 2.29. The number of aliphatic hydroxyl groups is 1. The lowest BCUT2D eigenvalue weighted by Gasteiger charge is -2.17. The van der Waals surface area contributed by atoms with E-state index in [4.69, 9.17) is 5.11 Å². The Labute approximate surface area is 94.3 Å². The summed E-state index contributed by atoms with van der Waals surface area (Å²) in [5.41, 5.74) is 0.698. The minimum Gasteiger partial charge on any atom is -0.396 e. The third kappa shape index (κ3) is 3.54. The number of benzene rings is 1. The van der Waals surface area contributed by atoms with Crippen LogP contribution in [0, 0.1) is 17.6 Å². The van der Waals surface area contributed by atoms with Crippen LogP contribution in [-0.4, -0.2) is 18.3 Å². The highest BCUT2D eigenvalue weighted by Gasteiger charge is 2.09. The maximum absolute atomic E-state index is 13.0. The highest BCUT2D eigenvalue weighted by atomic mass is 19.2. The van der Waals surface area contributed by atoms with Crippen LogP contribution < -0.4 is 5.32 Å². The van der Waals surface area contributed by atoms with Gasteiger partial charge in [-0.1, -0.05) is 13.0 Å².